The molecule has 0 saturated heterocycles. The van der Waals surface area contributed by atoms with Crippen LogP contribution in [0.2, 0.25) is 0 Å². The van der Waals surface area contributed by atoms with Crippen molar-refractivity contribution in [3.8, 4) is 5.88 Å². The van der Waals surface area contributed by atoms with Gasteiger partial charge in [-0.2, -0.15) is 9.97 Å². The number of hydrogen-bond acceptors (Lipinski definition) is 6. The van der Waals surface area contributed by atoms with Gasteiger partial charge in [0.15, 0.2) is 5.65 Å². The van der Waals surface area contributed by atoms with Crippen molar-refractivity contribution in [1.29, 1.82) is 0 Å². The molecule has 0 bridgehead atoms. The molecule has 7 heteroatoms. The molecule has 2 heterocycles. The first-order chi connectivity index (χ1) is 7.81. The summed E-state index contributed by atoms with van der Waals surface area (Å²) in [5.74, 6) is 0.461. The highest BCUT2D eigenvalue weighted by Gasteiger charge is 2.08. The van der Waals surface area contributed by atoms with Crippen molar-refractivity contribution in [2.45, 2.75) is 0 Å². The van der Waals surface area contributed by atoms with Crippen LogP contribution >= 0.6 is 0 Å². The lowest BCUT2D eigenvalue weighted by atomic mass is 10.5. The van der Waals surface area contributed by atoms with Gasteiger partial charge in [-0.25, -0.2) is 4.98 Å². The van der Waals surface area contributed by atoms with Gasteiger partial charge in [0.25, 0.3) is 0 Å². The standard InChI is InChI=1S/C9H11N5O2/c10-9-13-7-6(11-5-12-7)8(14-9)16-4-2-1-3-15/h1-2,5,15H,3-4H2,(H3,10,11,12,13,14)/b2-1+. The number of aliphatic hydroxyl groups is 1. The lowest BCUT2D eigenvalue weighted by molar-refractivity contribution is 0.334. The highest BCUT2D eigenvalue weighted by atomic mass is 16.5. The summed E-state index contributed by atoms with van der Waals surface area (Å²) >= 11 is 0. The van der Waals surface area contributed by atoms with Gasteiger partial charge in [0, 0.05) is 0 Å². The minimum absolute atomic E-state index is 0.0191. The summed E-state index contributed by atoms with van der Waals surface area (Å²) in [6.45, 7) is 0.278. The number of fused-ring (bicyclic) bond motifs is 1. The Bertz CT molecular complexity index is 508. The van der Waals surface area contributed by atoms with Gasteiger partial charge in [0.1, 0.15) is 12.1 Å². The van der Waals surface area contributed by atoms with E-state index < -0.39 is 0 Å². The maximum absolute atomic E-state index is 8.54. The number of ether oxygens (including phenoxy) is 1. The molecular formula is C9H11N5O2. The van der Waals surface area contributed by atoms with Gasteiger partial charge in [-0.1, -0.05) is 6.08 Å². The highest BCUT2D eigenvalue weighted by Crippen LogP contribution is 2.19. The Labute approximate surface area is 91.0 Å². The van der Waals surface area contributed by atoms with E-state index in [1.54, 1.807) is 12.2 Å². The molecule has 2 rings (SSSR count). The van der Waals surface area contributed by atoms with Crippen LogP contribution in [0.15, 0.2) is 18.5 Å². The van der Waals surface area contributed by atoms with Gasteiger partial charge in [-0.3, -0.25) is 0 Å². The molecule has 7 nitrogen and oxygen atoms in total. The maximum atomic E-state index is 8.54. The van der Waals surface area contributed by atoms with Crippen LogP contribution in [0.4, 0.5) is 5.95 Å². The molecule has 0 aliphatic rings. The van der Waals surface area contributed by atoms with Crippen LogP contribution in [-0.4, -0.2) is 38.3 Å². The first-order valence-corrected chi connectivity index (χ1v) is 4.66. The Balaban J connectivity index is 2.22. The molecule has 0 aliphatic heterocycles. The maximum Gasteiger partial charge on any atom is 0.245 e. The van der Waals surface area contributed by atoms with E-state index in [-0.39, 0.29) is 12.6 Å². The lowest BCUT2D eigenvalue weighted by Crippen LogP contribution is -2.02. The molecule has 0 fully saturated rings. The molecule has 0 atom stereocenters. The number of hydrogen-bond donors (Lipinski definition) is 3. The summed E-state index contributed by atoms with van der Waals surface area (Å²) in [6, 6.07) is 0. The monoisotopic (exact) mass is 221 g/mol. The second-order valence-corrected chi connectivity index (χ2v) is 2.95. The number of aromatic nitrogens is 4. The molecule has 0 aliphatic carbocycles. The molecule has 0 unspecified atom stereocenters. The van der Waals surface area contributed by atoms with Crippen molar-refractivity contribution in [2.75, 3.05) is 18.9 Å². The van der Waals surface area contributed by atoms with Crippen molar-refractivity contribution < 1.29 is 9.84 Å². The number of nitrogens with zero attached hydrogens (tertiary/aromatic N) is 3. The summed E-state index contributed by atoms with van der Waals surface area (Å²) in [5.41, 5.74) is 6.57. The highest BCUT2D eigenvalue weighted by molar-refractivity contribution is 5.76. The Hall–Kier alpha value is -2.15. The topological polar surface area (TPSA) is 110 Å². The third-order valence-electron chi connectivity index (χ3n) is 1.86. The minimum Gasteiger partial charge on any atom is -0.472 e. The molecule has 4 N–H and O–H groups in total. The van der Waals surface area contributed by atoms with E-state index in [9.17, 15) is 0 Å². The number of anilines is 1. The number of rotatable bonds is 4. The summed E-state index contributed by atoms with van der Waals surface area (Å²) in [4.78, 5) is 14.7. The second-order valence-electron chi connectivity index (χ2n) is 2.95. The molecule has 0 saturated carbocycles. The third kappa shape index (κ3) is 2.09. The van der Waals surface area contributed by atoms with Crippen molar-refractivity contribution in [1.82, 2.24) is 19.9 Å². The average Bonchev–Trinajstić information content (AvgIpc) is 2.72. The van der Waals surface area contributed by atoms with Crippen LogP contribution in [0.1, 0.15) is 0 Å². The molecule has 2 aromatic heterocycles. The predicted molar refractivity (Wildman–Crippen MR) is 57.8 cm³/mol. The van der Waals surface area contributed by atoms with Crippen LogP contribution in [0, 0.1) is 0 Å². The first kappa shape index (κ1) is 10.4. The van der Waals surface area contributed by atoms with Gasteiger partial charge in [0.2, 0.25) is 11.8 Å². The van der Waals surface area contributed by atoms with E-state index in [0.29, 0.717) is 23.7 Å². The molecule has 84 valence electrons. The van der Waals surface area contributed by atoms with Crippen molar-refractivity contribution in [3.05, 3.63) is 18.5 Å². The quantitative estimate of drug-likeness (QED) is 0.620. The average molecular weight is 221 g/mol. The Kier molecular flexibility index (Phi) is 2.97. The normalized spacial score (nSPS) is 11.3. The van der Waals surface area contributed by atoms with Crippen molar-refractivity contribution >= 4 is 17.1 Å². The number of imidazole rings is 1. The van der Waals surface area contributed by atoms with Crippen molar-refractivity contribution in [3.63, 3.8) is 0 Å². The summed E-state index contributed by atoms with van der Waals surface area (Å²) in [6.07, 6.45) is 4.75. The smallest absolute Gasteiger partial charge is 0.245 e. The van der Waals surface area contributed by atoms with E-state index in [1.165, 1.54) is 6.33 Å². The number of nitrogens with one attached hydrogen (secondary N) is 1. The number of aliphatic hydroxyl groups excluding tert-OH is 1. The fourth-order valence-electron chi connectivity index (χ4n) is 1.20. The lowest BCUT2D eigenvalue weighted by Gasteiger charge is -2.03. The minimum atomic E-state index is -0.0191. The Morgan fingerprint density at radius 1 is 1.44 bits per heavy atom. The fourth-order valence-corrected chi connectivity index (χ4v) is 1.20. The molecule has 16 heavy (non-hydrogen) atoms. The SMILES string of the molecule is Nc1nc(OC/C=C/CO)c2[nH]cnc2n1. The fraction of sp³-hybridized carbons (Fsp3) is 0.222. The van der Waals surface area contributed by atoms with E-state index in [1.807, 2.05) is 0 Å². The van der Waals surface area contributed by atoms with Crippen LogP contribution in [0.25, 0.3) is 11.2 Å². The number of H-pyrrole nitrogens is 1. The number of nitrogens with two attached hydrogens (primary N) is 1. The summed E-state index contributed by atoms with van der Waals surface area (Å²) in [5, 5.41) is 8.54. The van der Waals surface area contributed by atoms with Gasteiger partial charge in [0.05, 0.1) is 12.9 Å². The van der Waals surface area contributed by atoms with Crippen molar-refractivity contribution in [2.24, 2.45) is 0 Å². The predicted octanol–water partition coefficient (Wildman–Crippen LogP) is -0.138. The van der Waals surface area contributed by atoms with Gasteiger partial charge < -0.3 is 20.6 Å². The zero-order chi connectivity index (χ0) is 11.4. The van der Waals surface area contributed by atoms with Crippen LogP contribution < -0.4 is 10.5 Å². The molecule has 0 amide bonds. The third-order valence-corrected chi connectivity index (χ3v) is 1.86. The molecule has 0 radical (unpaired) electrons. The zero-order valence-electron chi connectivity index (χ0n) is 8.42. The Morgan fingerprint density at radius 2 is 2.31 bits per heavy atom. The summed E-state index contributed by atoms with van der Waals surface area (Å²) < 4.78 is 5.36. The Morgan fingerprint density at radius 3 is 3.12 bits per heavy atom. The van der Waals surface area contributed by atoms with E-state index >= 15 is 0 Å². The van der Waals surface area contributed by atoms with Gasteiger partial charge in [-0.15, -0.1) is 0 Å². The molecule has 0 aromatic carbocycles. The van der Waals surface area contributed by atoms with Crippen LogP contribution in [0.3, 0.4) is 0 Å². The van der Waals surface area contributed by atoms with Crippen LogP contribution in [-0.2, 0) is 0 Å². The molecular weight excluding hydrogens is 210 g/mol. The zero-order valence-corrected chi connectivity index (χ0v) is 8.42. The number of nitrogen functional groups attached to an aromatic ring is 1. The van der Waals surface area contributed by atoms with Crippen LogP contribution in [0.5, 0.6) is 5.88 Å². The van der Waals surface area contributed by atoms with Gasteiger partial charge >= 0.3 is 0 Å². The number of aromatic amines is 1. The van der Waals surface area contributed by atoms with Gasteiger partial charge in [-0.05, 0) is 6.08 Å². The first-order valence-electron chi connectivity index (χ1n) is 4.66. The van der Waals surface area contributed by atoms with E-state index in [0.717, 1.165) is 0 Å². The largest absolute Gasteiger partial charge is 0.472 e. The summed E-state index contributed by atoms with van der Waals surface area (Å²) in [7, 11) is 0. The molecule has 2 aromatic rings. The second kappa shape index (κ2) is 4.58. The van der Waals surface area contributed by atoms with E-state index in [2.05, 4.69) is 19.9 Å². The molecule has 0 spiro atoms. The van der Waals surface area contributed by atoms with E-state index in [4.69, 9.17) is 15.6 Å².